The van der Waals surface area contributed by atoms with Crippen LogP contribution >= 0.6 is 11.6 Å². The molecule has 0 bridgehead atoms. The molecule has 0 aliphatic carbocycles. The van der Waals surface area contributed by atoms with Gasteiger partial charge in [-0.15, -0.1) is 5.10 Å². The summed E-state index contributed by atoms with van der Waals surface area (Å²) < 4.78 is 6.93. The van der Waals surface area contributed by atoms with Crippen molar-refractivity contribution in [3.05, 3.63) is 53.1 Å². The van der Waals surface area contributed by atoms with Crippen LogP contribution in [0.3, 0.4) is 0 Å². The maximum absolute atomic E-state index is 10.5. The molecule has 2 heterocycles. The highest BCUT2D eigenvalue weighted by molar-refractivity contribution is 6.30. The van der Waals surface area contributed by atoms with Crippen LogP contribution in [0.4, 0.5) is 0 Å². The number of carbonyl (C=O) groups is 1. The summed E-state index contributed by atoms with van der Waals surface area (Å²) in [6.45, 7) is 0.387. The second-order valence-electron chi connectivity index (χ2n) is 4.11. The number of oxazole rings is 1. The van der Waals surface area contributed by atoms with Crippen molar-refractivity contribution in [2.75, 3.05) is 0 Å². The Morgan fingerprint density at radius 1 is 1.30 bits per heavy atom. The zero-order valence-corrected chi connectivity index (χ0v) is 11.0. The smallest absolute Gasteiger partial charge is 0.226 e. The molecule has 0 atom stereocenters. The molecular weight excluding hydrogens is 280 g/mol. The Hall–Kier alpha value is -2.47. The summed E-state index contributed by atoms with van der Waals surface area (Å²) in [6, 6.07) is 7.21. The van der Waals surface area contributed by atoms with E-state index in [-0.39, 0.29) is 5.69 Å². The van der Waals surface area contributed by atoms with Crippen LogP contribution in [0.5, 0.6) is 0 Å². The highest BCUT2D eigenvalue weighted by Crippen LogP contribution is 2.21. The number of halogens is 1. The molecule has 20 heavy (non-hydrogen) atoms. The summed E-state index contributed by atoms with van der Waals surface area (Å²) in [5, 5.41) is 8.15. The molecule has 0 unspecified atom stereocenters. The van der Waals surface area contributed by atoms with Crippen LogP contribution < -0.4 is 0 Å². The molecule has 100 valence electrons. The lowest BCUT2D eigenvalue weighted by molar-refractivity contribution is 0.111. The van der Waals surface area contributed by atoms with Crippen LogP contribution in [0.1, 0.15) is 16.2 Å². The lowest BCUT2D eigenvalue weighted by atomic mass is 10.2. The van der Waals surface area contributed by atoms with E-state index in [2.05, 4.69) is 15.3 Å². The van der Waals surface area contributed by atoms with Crippen molar-refractivity contribution in [3.63, 3.8) is 0 Å². The average Bonchev–Trinajstić information content (AvgIpc) is 3.09. The number of benzene rings is 1. The number of hydrogen-bond acceptors (Lipinski definition) is 5. The Kier molecular flexibility index (Phi) is 3.30. The Bertz CT molecular complexity index is 733. The van der Waals surface area contributed by atoms with E-state index in [1.54, 1.807) is 24.6 Å². The average molecular weight is 289 g/mol. The summed E-state index contributed by atoms with van der Waals surface area (Å²) in [5.74, 6) is 0.507. The quantitative estimate of drug-likeness (QED) is 0.689. The summed E-state index contributed by atoms with van der Waals surface area (Å²) >= 11 is 5.83. The third kappa shape index (κ3) is 2.60. The molecule has 0 amide bonds. The molecule has 0 aliphatic heterocycles. The number of carbonyl (C=O) groups excluding carboxylic acids is 1. The predicted molar refractivity (Wildman–Crippen MR) is 71.5 cm³/mol. The Morgan fingerprint density at radius 3 is 2.80 bits per heavy atom. The van der Waals surface area contributed by atoms with Gasteiger partial charge in [0.2, 0.25) is 5.89 Å². The van der Waals surface area contributed by atoms with Gasteiger partial charge >= 0.3 is 0 Å². The van der Waals surface area contributed by atoms with Gasteiger partial charge in [-0.1, -0.05) is 16.8 Å². The van der Waals surface area contributed by atoms with E-state index in [0.717, 1.165) is 5.56 Å². The first-order valence-electron chi connectivity index (χ1n) is 5.80. The van der Waals surface area contributed by atoms with E-state index in [9.17, 15) is 4.79 Å². The van der Waals surface area contributed by atoms with Crippen LogP contribution in [0.15, 0.2) is 41.1 Å². The monoisotopic (exact) mass is 288 g/mol. The lowest BCUT2D eigenvalue weighted by Crippen LogP contribution is -2.00. The third-order valence-electron chi connectivity index (χ3n) is 2.64. The van der Waals surface area contributed by atoms with Crippen LogP contribution in [0.2, 0.25) is 5.02 Å². The second-order valence-corrected chi connectivity index (χ2v) is 4.55. The van der Waals surface area contributed by atoms with E-state index in [1.165, 1.54) is 4.68 Å². The van der Waals surface area contributed by atoms with Gasteiger partial charge in [0.05, 0.1) is 12.7 Å². The Morgan fingerprint density at radius 2 is 2.10 bits per heavy atom. The van der Waals surface area contributed by atoms with Gasteiger partial charge in [0.15, 0.2) is 6.29 Å². The first kappa shape index (κ1) is 12.6. The van der Waals surface area contributed by atoms with Crippen LogP contribution in [0, 0.1) is 0 Å². The van der Waals surface area contributed by atoms with Crippen LogP contribution in [0.25, 0.3) is 11.5 Å². The lowest BCUT2D eigenvalue weighted by Gasteiger charge is -1.95. The van der Waals surface area contributed by atoms with Crippen molar-refractivity contribution >= 4 is 17.9 Å². The fourth-order valence-corrected chi connectivity index (χ4v) is 1.84. The second kappa shape index (κ2) is 5.26. The minimum atomic E-state index is 0.284. The Labute approximate surface area is 119 Å². The zero-order chi connectivity index (χ0) is 13.9. The van der Waals surface area contributed by atoms with E-state index in [1.807, 2.05) is 12.1 Å². The SMILES string of the molecule is O=Cc1cn(Cc2coc(-c3ccc(Cl)cc3)n2)nn1. The molecule has 0 saturated heterocycles. The number of hydrogen-bond donors (Lipinski definition) is 0. The summed E-state index contributed by atoms with van der Waals surface area (Å²) in [5.41, 5.74) is 1.82. The van der Waals surface area contributed by atoms with Gasteiger partial charge in [-0.2, -0.15) is 0 Å². The van der Waals surface area contributed by atoms with Crippen molar-refractivity contribution in [1.29, 1.82) is 0 Å². The van der Waals surface area contributed by atoms with Gasteiger partial charge in [-0.3, -0.25) is 4.79 Å². The van der Waals surface area contributed by atoms with Crippen molar-refractivity contribution in [2.45, 2.75) is 6.54 Å². The number of nitrogens with zero attached hydrogens (tertiary/aromatic N) is 4. The Balaban J connectivity index is 1.79. The number of rotatable bonds is 4. The van der Waals surface area contributed by atoms with Crippen molar-refractivity contribution in [2.24, 2.45) is 0 Å². The molecule has 0 saturated carbocycles. The molecular formula is C13H9ClN4O2. The first-order valence-corrected chi connectivity index (χ1v) is 6.18. The molecule has 1 aromatic carbocycles. The zero-order valence-electron chi connectivity index (χ0n) is 10.2. The normalized spacial score (nSPS) is 10.7. The van der Waals surface area contributed by atoms with Gasteiger partial charge in [0.25, 0.3) is 0 Å². The summed E-state index contributed by atoms with van der Waals surface area (Å²) in [4.78, 5) is 14.9. The molecule has 0 fully saturated rings. The van der Waals surface area contributed by atoms with Crippen LogP contribution in [-0.4, -0.2) is 26.3 Å². The van der Waals surface area contributed by atoms with E-state index >= 15 is 0 Å². The molecule has 6 nitrogen and oxygen atoms in total. The predicted octanol–water partition coefficient (Wildman–Crippen LogP) is 2.45. The number of aldehydes is 1. The largest absolute Gasteiger partial charge is 0.444 e. The topological polar surface area (TPSA) is 73.8 Å². The maximum Gasteiger partial charge on any atom is 0.226 e. The van der Waals surface area contributed by atoms with Gasteiger partial charge in [-0.25, -0.2) is 9.67 Å². The summed E-state index contributed by atoms with van der Waals surface area (Å²) in [6.07, 6.45) is 3.74. The summed E-state index contributed by atoms with van der Waals surface area (Å²) in [7, 11) is 0. The molecule has 0 spiro atoms. The van der Waals surface area contributed by atoms with Crippen molar-refractivity contribution < 1.29 is 9.21 Å². The molecule has 3 rings (SSSR count). The van der Waals surface area contributed by atoms with E-state index in [0.29, 0.717) is 29.4 Å². The minimum absolute atomic E-state index is 0.284. The highest BCUT2D eigenvalue weighted by atomic mass is 35.5. The molecule has 7 heteroatoms. The standard InChI is InChI=1S/C13H9ClN4O2/c14-10-3-1-9(2-4-10)13-15-12(8-20-13)6-18-5-11(7-19)16-17-18/h1-5,7-8H,6H2. The molecule has 2 aromatic heterocycles. The third-order valence-corrected chi connectivity index (χ3v) is 2.90. The minimum Gasteiger partial charge on any atom is -0.444 e. The first-order chi connectivity index (χ1) is 9.74. The number of aromatic nitrogens is 4. The molecule has 0 radical (unpaired) electrons. The van der Waals surface area contributed by atoms with Gasteiger partial charge in [0.1, 0.15) is 17.7 Å². The highest BCUT2D eigenvalue weighted by Gasteiger charge is 2.08. The van der Waals surface area contributed by atoms with Crippen molar-refractivity contribution in [1.82, 2.24) is 20.0 Å². The molecule has 0 aliphatic rings. The fraction of sp³-hybridized carbons (Fsp3) is 0.0769. The van der Waals surface area contributed by atoms with Crippen molar-refractivity contribution in [3.8, 4) is 11.5 Å². The van der Waals surface area contributed by atoms with Crippen LogP contribution in [-0.2, 0) is 6.54 Å². The van der Waals surface area contributed by atoms with Gasteiger partial charge in [0, 0.05) is 10.6 Å². The fourth-order valence-electron chi connectivity index (χ4n) is 1.72. The molecule has 0 N–H and O–H groups in total. The van der Waals surface area contributed by atoms with Gasteiger partial charge in [-0.05, 0) is 24.3 Å². The van der Waals surface area contributed by atoms with E-state index in [4.69, 9.17) is 16.0 Å². The van der Waals surface area contributed by atoms with Gasteiger partial charge < -0.3 is 4.42 Å². The van der Waals surface area contributed by atoms with E-state index < -0.39 is 0 Å². The maximum atomic E-state index is 10.5. The molecule has 3 aromatic rings.